The monoisotopic (exact) mass is 266 g/mol. The molecule has 1 aromatic carbocycles. The molecule has 0 radical (unpaired) electrons. The van der Waals surface area contributed by atoms with Gasteiger partial charge in [-0.2, -0.15) is 0 Å². The van der Waals surface area contributed by atoms with E-state index in [1.54, 1.807) is 5.57 Å². The molecule has 1 aliphatic carbocycles. The predicted octanol–water partition coefficient (Wildman–Crippen LogP) is 6.09. The highest BCUT2D eigenvalue weighted by atomic mass is 14.4. The molecular formula is C20H26. The number of allylic oxidation sites excluding steroid dienone is 6. The van der Waals surface area contributed by atoms with Crippen LogP contribution in [0.2, 0.25) is 0 Å². The Morgan fingerprint density at radius 1 is 1.10 bits per heavy atom. The summed E-state index contributed by atoms with van der Waals surface area (Å²) in [7, 11) is 0. The highest BCUT2D eigenvalue weighted by Gasteiger charge is 2.36. The smallest absolute Gasteiger partial charge is 0.00797 e. The molecular weight excluding hydrogens is 240 g/mol. The Labute approximate surface area is 123 Å². The largest absolute Gasteiger partial charge is 0.0870 e. The number of rotatable bonds is 3. The van der Waals surface area contributed by atoms with Crippen LogP contribution in [0.3, 0.4) is 0 Å². The fourth-order valence-corrected chi connectivity index (χ4v) is 3.41. The van der Waals surface area contributed by atoms with E-state index in [2.05, 4.69) is 78.0 Å². The molecule has 0 atom stereocenters. The van der Waals surface area contributed by atoms with E-state index in [1.165, 1.54) is 27.8 Å². The Morgan fingerprint density at radius 2 is 1.75 bits per heavy atom. The number of hydrogen-bond donors (Lipinski definition) is 0. The van der Waals surface area contributed by atoms with Crippen LogP contribution in [0, 0.1) is 12.3 Å². The van der Waals surface area contributed by atoms with E-state index < -0.39 is 0 Å². The zero-order chi connectivity index (χ0) is 14.9. The Hall–Kier alpha value is -1.56. The highest BCUT2D eigenvalue weighted by molar-refractivity contribution is 5.90. The Bertz CT molecular complexity index is 607. The van der Waals surface area contributed by atoms with Crippen molar-refractivity contribution >= 4 is 5.57 Å². The van der Waals surface area contributed by atoms with E-state index in [0.717, 1.165) is 6.42 Å². The molecule has 0 unspecified atom stereocenters. The van der Waals surface area contributed by atoms with Crippen LogP contribution < -0.4 is 0 Å². The summed E-state index contributed by atoms with van der Waals surface area (Å²) in [5, 5.41) is 0. The molecule has 0 heterocycles. The van der Waals surface area contributed by atoms with Crippen molar-refractivity contribution in [3.63, 3.8) is 0 Å². The summed E-state index contributed by atoms with van der Waals surface area (Å²) in [5.41, 5.74) is 8.85. The summed E-state index contributed by atoms with van der Waals surface area (Å²) in [6.07, 6.45) is 5.57. The maximum Gasteiger partial charge on any atom is 0.00797 e. The average Bonchev–Trinajstić information content (AvgIpc) is 2.59. The second-order valence-corrected chi connectivity index (χ2v) is 6.19. The minimum atomic E-state index is 0.168. The van der Waals surface area contributed by atoms with Crippen molar-refractivity contribution in [2.75, 3.05) is 0 Å². The van der Waals surface area contributed by atoms with Gasteiger partial charge in [0.15, 0.2) is 0 Å². The van der Waals surface area contributed by atoms with Gasteiger partial charge in [0.25, 0.3) is 0 Å². The molecule has 0 nitrogen and oxygen atoms in total. The number of aryl methyl sites for hydroxylation is 1. The lowest BCUT2D eigenvalue weighted by Gasteiger charge is -2.25. The van der Waals surface area contributed by atoms with Crippen molar-refractivity contribution in [2.45, 2.75) is 48.0 Å². The van der Waals surface area contributed by atoms with E-state index in [0.29, 0.717) is 0 Å². The topological polar surface area (TPSA) is 0 Å². The third-order valence-electron chi connectivity index (χ3n) is 4.76. The quantitative estimate of drug-likeness (QED) is 0.621. The van der Waals surface area contributed by atoms with Gasteiger partial charge in [-0.15, -0.1) is 0 Å². The summed E-state index contributed by atoms with van der Waals surface area (Å²) in [6.45, 7) is 13.6. The molecule has 0 saturated heterocycles. The van der Waals surface area contributed by atoms with Gasteiger partial charge in [0.05, 0.1) is 0 Å². The van der Waals surface area contributed by atoms with Crippen LogP contribution in [-0.2, 0) is 0 Å². The standard InChI is InChI=1S/C20H26/c1-7-11-17-18(8-2)20(5,6)15(4)19(17)16-13-10-9-12-14(16)3/h7,9-13H,8H2,1-6H3/b11-7-. The SMILES string of the molecule is C/C=C\C1=C(CC)C(C)(C)C(C)=C1c1ccccc1C. The van der Waals surface area contributed by atoms with Crippen molar-refractivity contribution in [3.05, 3.63) is 64.3 Å². The predicted molar refractivity (Wildman–Crippen MR) is 89.7 cm³/mol. The number of hydrogen-bond acceptors (Lipinski definition) is 0. The molecule has 0 fully saturated rings. The van der Waals surface area contributed by atoms with Crippen LogP contribution in [0.5, 0.6) is 0 Å². The molecule has 1 aliphatic rings. The average molecular weight is 266 g/mol. The van der Waals surface area contributed by atoms with Gasteiger partial charge in [0, 0.05) is 5.41 Å². The van der Waals surface area contributed by atoms with E-state index in [4.69, 9.17) is 0 Å². The third-order valence-corrected chi connectivity index (χ3v) is 4.76. The van der Waals surface area contributed by atoms with Gasteiger partial charge in [-0.05, 0) is 49.5 Å². The van der Waals surface area contributed by atoms with Crippen LogP contribution in [0.4, 0.5) is 0 Å². The Kier molecular flexibility index (Phi) is 4.04. The molecule has 0 heteroatoms. The van der Waals surface area contributed by atoms with Crippen LogP contribution in [0.1, 0.15) is 52.2 Å². The molecule has 106 valence electrons. The summed E-state index contributed by atoms with van der Waals surface area (Å²) >= 11 is 0. The molecule has 0 amide bonds. The maximum atomic E-state index is 2.36. The lowest BCUT2D eigenvalue weighted by molar-refractivity contribution is 0.532. The molecule has 0 saturated carbocycles. The summed E-state index contributed by atoms with van der Waals surface area (Å²) in [5.74, 6) is 0. The number of benzene rings is 1. The van der Waals surface area contributed by atoms with Gasteiger partial charge < -0.3 is 0 Å². The van der Waals surface area contributed by atoms with E-state index in [-0.39, 0.29) is 5.41 Å². The van der Waals surface area contributed by atoms with E-state index in [1.807, 2.05) is 0 Å². The molecule has 0 N–H and O–H groups in total. The molecule has 20 heavy (non-hydrogen) atoms. The summed E-state index contributed by atoms with van der Waals surface area (Å²) in [6, 6.07) is 8.73. The van der Waals surface area contributed by atoms with Crippen molar-refractivity contribution in [2.24, 2.45) is 5.41 Å². The molecule has 0 aliphatic heterocycles. The Balaban J connectivity index is 2.75. The van der Waals surface area contributed by atoms with Gasteiger partial charge in [0.2, 0.25) is 0 Å². The molecule has 0 aromatic heterocycles. The lowest BCUT2D eigenvalue weighted by atomic mass is 9.79. The zero-order valence-electron chi connectivity index (χ0n) is 13.7. The Morgan fingerprint density at radius 3 is 2.30 bits per heavy atom. The zero-order valence-corrected chi connectivity index (χ0v) is 13.7. The molecule has 0 spiro atoms. The molecule has 1 aromatic rings. The van der Waals surface area contributed by atoms with Crippen LogP contribution in [0.25, 0.3) is 5.57 Å². The van der Waals surface area contributed by atoms with Crippen LogP contribution in [-0.4, -0.2) is 0 Å². The second kappa shape index (κ2) is 5.44. The lowest BCUT2D eigenvalue weighted by Crippen LogP contribution is -2.13. The van der Waals surface area contributed by atoms with Gasteiger partial charge >= 0.3 is 0 Å². The van der Waals surface area contributed by atoms with Gasteiger partial charge in [-0.25, -0.2) is 0 Å². The summed E-state index contributed by atoms with van der Waals surface area (Å²) in [4.78, 5) is 0. The first kappa shape index (κ1) is 14.8. The van der Waals surface area contributed by atoms with Crippen molar-refractivity contribution in [1.82, 2.24) is 0 Å². The van der Waals surface area contributed by atoms with Gasteiger partial charge in [0.1, 0.15) is 0 Å². The van der Waals surface area contributed by atoms with Crippen molar-refractivity contribution in [1.29, 1.82) is 0 Å². The molecule has 2 rings (SSSR count). The summed E-state index contributed by atoms with van der Waals surface area (Å²) < 4.78 is 0. The van der Waals surface area contributed by atoms with Crippen molar-refractivity contribution < 1.29 is 0 Å². The first-order valence-corrected chi connectivity index (χ1v) is 7.59. The fraction of sp³-hybridized carbons (Fsp3) is 0.400. The first-order chi connectivity index (χ1) is 9.45. The second-order valence-electron chi connectivity index (χ2n) is 6.19. The first-order valence-electron chi connectivity index (χ1n) is 7.59. The maximum absolute atomic E-state index is 2.36. The van der Waals surface area contributed by atoms with Gasteiger partial charge in [-0.1, -0.05) is 68.3 Å². The van der Waals surface area contributed by atoms with Crippen molar-refractivity contribution in [3.8, 4) is 0 Å². The van der Waals surface area contributed by atoms with Gasteiger partial charge in [-0.3, -0.25) is 0 Å². The minimum absolute atomic E-state index is 0.168. The fourth-order valence-electron chi connectivity index (χ4n) is 3.41. The molecule has 0 bridgehead atoms. The van der Waals surface area contributed by atoms with E-state index in [9.17, 15) is 0 Å². The highest BCUT2D eigenvalue weighted by Crippen LogP contribution is 2.52. The van der Waals surface area contributed by atoms with E-state index >= 15 is 0 Å². The minimum Gasteiger partial charge on any atom is -0.0870 e. The third kappa shape index (κ3) is 2.18. The normalized spacial score (nSPS) is 18.5. The van der Waals surface area contributed by atoms with Crippen LogP contribution >= 0.6 is 0 Å². The van der Waals surface area contributed by atoms with Crippen LogP contribution in [0.15, 0.2) is 53.1 Å².